The van der Waals surface area contributed by atoms with Crippen LogP contribution in [0.3, 0.4) is 0 Å². The van der Waals surface area contributed by atoms with Gasteiger partial charge in [-0.1, -0.05) is 26.2 Å². The van der Waals surface area contributed by atoms with Crippen LogP contribution in [0.2, 0.25) is 0 Å². The molecule has 3 heteroatoms. The van der Waals surface area contributed by atoms with Crippen LogP contribution in [0.5, 0.6) is 0 Å². The highest BCUT2D eigenvalue weighted by atomic mass is 14.8. The van der Waals surface area contributed by atoms with E-state index in [0.717, 1.165) is 38.9 Å². The molecular weight excluding hydrogens is 186 g/mol. The molecule has 0 radical (unpaired) electrons. The lowest BCUT2D eigenvalue weighted by molar-refractivity contribution is 0.511. The van der Waals surface area contributed by atoms with E-state index in [0.29, 0.717) is 6.04 Å². The maximum atomic E-state index is 5.93. The summed E-state index contributed by atoms with van der Waals surface area (Å²) in [6, 6.07) is 0.330. The summed E-state index contributed by atoms with van der Waals surface area (Å²) in [6.45, 7) is 5.20. The predicted molar refractivity (Wildman–Crippen MR) is 67.9 cm³/mol. The summed E-state index contributed by atoms with van der Waals surface area (Å²) in [5, 5.41) is 3.44. The monoisotopic (exact) mass is 215 g/mol. The molecule has 0 fully saturated rings. The molecule has 0 spiro atoms. The number of nitrogens with one attached hydrogen (secondary N) is 1. The predicted octanol–water partition coefficient (Wildman–Crippen LogP) is 1.61. The van der Waals surface area contributed by atoms with Gasteiger partial charge in [-0.25, -0.2) is 0 Å². The average molecular weight is 215 g/mol. The zero-order valence-corrected chi connectivity index (χ0v) is 10.3. The molecule has 0 aromatic heterocycles. The lowest BCUT2D eigenvalue weighted by Gasteiger charge is -2.11. The molecule has 5 N–H and O–H groups in total. The van der Waals surface area contributed by atoms with Crippen LogP contribution < -0.4 is 16.8 Å². The normalized spacial score (nSPS) is 13.0. The van der Waals surface area contributed by atoms with Gasteiger partial charge in [0.05, 0.1) is 0 Å². The topological polar surface area (TPSA) is 64.1 Å². The van der Waals surface area contributed by atoms with Gasteiger partial charge in [-0.15, -0.1) is 0 Å². The molecule has 0 saturated carbocycles. The van der Waals surface area contributed by atoms with Crippen molar-refractivity contribution in [3.05, 3.63) is 0 Å². The Morgan fingerprint density at radius 2 is 1.80 bits per heavy atom. The van der Waals surface area contributed by atoms with Gasteiger partial charge < -0.3 is 16.8 Å². The Balaban J connectivity index is 3.02. The SMILES string of the molecule is CCCCCCNCCC(N)CCCN. The van der Waals surface area contributed by atoms with Crippen LogP contribution in [0.25, 0.3) is 0 Å². The summed E-state index contributed by atoms with van der Waals surface area (Å²) in [4.78, 5) is 0. The molecule has 15 heavy (non-hydrogen) atoms. The van der Waals surface area contributed by atoms with Crippen molar-refractivity contribution in [3.8, 4) is 0 Å². The molecule has 3 nitrogen and oxygen atoms in total. The molecule has 0 rings (SSSR count). The van der Waals surface area contributed by atoms with Gasteiger partial charge in [0, 0.05) is 6.04 Å². The van der Waals surface area contributed by atoms with Gasteiger partial charge in [-0.05, 0) is 45.3 Å². The summed E-state index contributed by atoms with van der Waals surface area (Å²) in [5.41, 5.74) is 11.4. The zero-order chi connectivity index (χ0) is 11.4. The van der Waals surface area contributed by atoms with Gasteiger partial charge in [-0.3, -0.25) is 0 Å². The molecule has 0 aliphatic carbocycles. The van der Waals surface area contributed by atoms with Gasteiger partial charge in [-0.2, -0.15) is 0 Å². The Morgan fingerprint density at radius 1 is 1.00 bits per heavy atom. The van der Waals surface area contributed by atoms with Crippen molar-refractivity contribution in [1.82, 2.24) is 5.32 Å². The largest absolute Gasteiger partial charge is 0.330 e. The minimum atomic E-state index is 0.330. The van der Waals surface area contributed by atoms with Crippen LogP contribution in [-0.2, 0) is 0 Å². The molecule has 0 aromatic carbocycles. The fourth-order valence-corrected chi connectivity index (χ4v) is 1.61. The van der Waals surface area contributed by atoms with Crippen molar-refractivity contribution in [1.29, 1.82) is 0 Å². The van der Waals surface area contributed by atoms with Crippen molar-refractivity contribution in [2.45, 2.75) is 57.9 Å². The quantitative estimate of drug-likeness (QED) is 0.459. The molecule has 0 aliphatic heterocycles. The van der Waals surface area contributed by atoms with E-state index >= 15 is 0 Å². The lowest BCUT2D eigenvalue weighted by atomic mass is 10.1. The maximum Gasteiger partial charge on any atom is 0.00513 e. The van der Waals surface area contributed by atoms with Crippen LogP contribution in [0.1, 0.15) is 51.9 Å². The van der Waals surface area contributed by atoms with Crippen molar-refractivity contribution in [2.24, 2.45) is 11.5 Å². The summed E-state index contributed by atoms with van der Waals surface area (Å²) in [7, 11) is 0. The third-order valence-corrected chi connectivity index (χ3v) is 2.68. The van der Waals surface area contributed by atoms with E-state index in [-0.39, 0.29) is 0 Å². The summed E-state index contributed by atoms with van der Waals surface area (Å²) < 4.78 is 0. The van der Waals surface area contributed by atoms with E-state index in [1.807, 2.05) is 0 Å². The highest BCUT2D eigenvalue weighted by Crippen LogP contribution is 1.98. The number of nitrogens with two attached hydrogens (primary N) is 2. The van der Waals surface area contributed by atoms with Crippen LogP contribution in [0.4, 0.5) is 0 Å². The molecule has 0 bridgehead atoms. The molecular formula is C12H29N3. The fraction of sp³-hybridized carbons (Fsp3) is 1.00. The Bertz CT molecular complexity index is 117. The minimum Gasteiger partial charge on any atom is -0.330 e. The number of hydrogen-bond donors (Lipinski definition) is 3. The van der Waals surface area contributed by atoms with E-state index in [9.17, 15) is 0 Å². The second kappa shape index (κ2) is 12.0. The van der Waals surface area contributed by atoms with Crippen LogP contribution >= 0.6 is 0 Å². The maximum absolute atomic E-state index is 5.93. The summed E-state index contributed by atoms with van der Waals surface area (Å²) in [5.74, 6) is 0. The van der Waals surface area contributed by atoms with Gasteiger partial charge in [0.15, 0.2) is 0 Å². The number of rotatable bonds is 11. The molecule has 0 aromatic rings. The summed E-state index contributed by atoms with van der Waals surface area (Å²) in [6.07, 6.45) is 8.51. The minimum absolute atomic E-state index is 0.330. The molecule has 1 atom stereocenters. The smallest absolute Gasteiger partial charge is 0.00513 e. The van der Waals surface area contributed by atoms with E-state index in [1.54, 1.807) is 0 Å². The second-order valence-electron chi connectivity index (χ2n) is 4.29. The third kappa shape index (κ3) is 11.8. The van der Waals surface area contributed by atoms with E-state index < -0.39 is 0 Å². The van der Waals surface area contributed by atoms with E-state index in [4.69, 9.17) is 11.5 Å². The molecule has 0 aliphatic rings. The van der Waals surface area contributed by atoms with Gasteiger partial charge in [0.25, 0.3) is 0 Å². The van der Waals surface area contributed by atoms with Crippen LogP contribution in [0, 0.1) is 0 Å². The molecule has 0 saturated heterocycles. The van der Waals surface area contributed by atoms with Crippen molar-refractivity contribution in [3.63, 3.8) is 0 Å². The van der Waals surface area contributed by atoms with Crippen LogP contribution in [0.15, 0.2) is 0 Å². The Labute approximate surface area is 95.0 Å². The fourth-order valence-electron chi connectivity index (χ4n) is 1.61. The first kappa shape index (κ1) is 14.9. The first-order valence-electron chi connectivity index (χ1n) is 6.47. The number of hydrogen-bond acceptors (Lipinski definition) is 3. The van der Waals surface area contributed by atoms with E-state index in [2.05, 4.69) is 12.2 Å². The lowest BCUT2D eigenvalue weighted by Crippen LogP contribution is -2.27. The average Bonchev–Trinajstić information content (AvgIpc) is 2.25. The van der Waals surface area contributed by atoms with E-state index in [1.165, 1.54) is 25.7 Å². The third-order valence-electron chi connectivity index (χ3n) is 2.68. The van der Waals surface area contributed by atoms with Crippen molar-refractivity contribution >= 4 is 0 Å². The first-order chi connectivity index (χ1) is 7.31. The second-order valence-corrected chi connectivity index (χ2v) is 4.29. The number of unbranched alkanes of at least 4 members (excludes halogenated alkanes) is 3. The highest BCUT2D eigenvalue weighted by Gasteiger charge is 2.00. The zero-order valence-electron chi connectivity index (χ0n) is 10.3. The Hall–Kier alpha value is -0.120. The Morgan fingerprint density at radius 3 is 2.47 bits per heavy atom. The van der Waals surface area contributed by atoms with Crippen molar-refractivity contribution in [2.75, 3.05) is 19.6 Å². The van der Waals surface area contributed by atoms with Crippen molar-refractivity contribution < 1.29 is 0 Å². The van der Waals surface area contributed by atoms with Gasteiger partial charge in [0.1, 0.15) is 0 Å². The van der Waals surface area contributed by atoms with Crippen LogP contribution in [-0.4, -0.2) is 25.7 Å². The standard InChI is InChI=1S/C12H29N3/c1-2-3-4-5-10-15-11-8-12(14)7-6-9-13/h12,15H,2-11,13-14H2,1H3. The van der Waals surface area contributed by atoms with Gasteiger partial charge in [0.2, 0.25) is 0 Å². The molecule has 0 amide bonds. The highest BCUT2D eigenvalue weighted by molar-refractivity contribution is 4.63. The molecule has 1 unspecified atom stereocenters. The molecule has 92 valence electrons. The summed E-state index contributed by atoms with van der Waals surface area (Å²) >= 11 is 0. The Kier molecular flexibility index (Phi) is 11.9. The first-order valence-corrected chi connectivity index (χ1v) is 6.47. The molecule has 0 heterocycles. The van der Waals surface area contributed by atoms with Gasteiger partial charge >= 0.3 is 0 Å².